The molecule has 0 saturated carbocycles. The Bertz CT molecular complexity index is 481. The van der Waals surface area contributed by atoms with E-state index in [-0.39, 0.29) is 0 Å². The Hall–Kier alpha value is -0.0394. The van der Waals surface area contributed by atoms with E-state index in [1.165, 1.54) is 5.19 Å². The molecule has 0 aromatic heterocycles. The maximum Gasteiger partial charge on any atom is 0.191 e. The van der Waals surface area contributed by atoms with Crippen LogP contribution >= 0.6 is 8.38 Å². The highest BCUT2D eigenvalue weighted by Crippen LogP contribution is 2.46. The highest BCUT2D eigenvalue weighted by molar-refractivity contribution is 7.51. The third-order valence-corrected chi connectivity index (χ3v) is 14.3. The number of benzene rings is 1. The molecule has 0 N–H and O–H groups in total. The first kappa shape index (κ1) is 21.0. The fourth-order valence-corrected chi connectivity index (χ4v) is 12.6. The van der Waals surface area contributed by atoms with E-state index in [0.717, 1.165) is 12.2 Å². The summed E-state index contributed by atoms with van der Waals surface area (Å²) >= 11 is 0. The van der Waals surface area contributed by atoms with E-state index in [1.807, 2.05) is 0 Å². The molecule has 130 valence electrons. The molecule has 1 unspecified atom stereocenters. The second kappa shape index (κ2) is 8.37. The predicted molar refractivity (Wildman–Crippen MR) is 113 cm³/mol. The van der Waals surface area contributed by atoms with Gasteiger partial charge in [0.1, 0.15) is 16.4 Å². The summed E-state index contributed by atoms with van der Waals surface area (Å²) in [6, 6.07) is 12.0. The predicted octanol–water partition coefficient (Wildman–Crippen LogP) is 5.71. The zero-order valence-electron chi connectivity index (χ0n) is 15.8. The van der Waals surface area contributed by atoms with Gasteiger partial charge in [0.2, 0.25) is 0 Å². The molecule has 1 aromatic carbocycles. The van der Waals surface area contributed by atoms with Gasteiger partial charge < -0.3 is 8.43 Å². The summed E-state index contributed by atoms with van der Waals surface area (Å²) in [5.41, 5.74) is 2.21. The molecule has 0 amide bonds. The topological polar surface area (TPSA) is 18.5 Å². The van der Waals surface area contributed by atoms with E-state index in [9.17, 15) is 0 Å². The maximum atomic E-state index is 6.39. The summed E-state index contributed by atoms with van der Waals surface area (Å²) in [5.74, 6) is 0. The van der Waals surface area contributed by atoms with Gasteiger partial charge in [0.25, 0.3) is 0 Å². The maximum absolute atomic E-state index is 6.39. The quantitative estimate of drug-likeness (QED) is 0.401. The lowest BCUT2D eigenvalue weighted by molar-refractivity contribution is 0.490. The highest BCUT2D eigenvalue weighted by Gasteiger charge is 2.32. The van der Waals surface area contributed by atoms with Crippen LogP contribution in [-0.2, 0) is 8.43 Å². The van der Waals surface area contributed by atoms with Gasteiger partial charge in [-0.15, -0.1) is 6.58 Å². The van der Waals surface area contributed by atoms with Crippen molar-refractivity contribution in [3.05, 3.63) is 42.6 Å². The molecule has 0 aliphatic carbocycles. The molecule has 0 heterocycles. The molecular weight excluding hydrogens is 351 g/mol. The van der Waals surface area contributed by atoms with Crippen molar-refractivity contribution in [2.75, 3.05) is 6.16 Å². The van der Waals surface area contributed by atoms with Gasteiger partial charge in [0.05, 0.1) is 0 Å². The monoisotopic (exact) mass is 384 g/mol. The molecule has 1 atom stereocenters. The van der Waals surface area contributed by atoms with Crippen LogP contribution in [0.15, 0.2) is 42.6 Å². The summed E-state index contributed by atoms with van der Waals surface area (Å²) in [6.45, 7) is 20.0. The van der Waals surface area contributed by atoms with E-state index >= 15 is 0 Å². The van der Waals surface area contributed by atoms with Gasteiger partial charge in [-0.2, -0.15) is 0 Å². The molecule has 0 radical (unpaired) electrons. The van der Waals surface area contributed by atoms with Crippen molar-refractivity contribution < 1.29 is 8.43 Å². The van der Waals surface area contributed by atoms with Gasteiger partial charge in [-0.25, -0.2) is 0 Å². The third kappa shape index (κ3) is 8.05. The molecule has 0 spiro atoms. The molecule has 1 aromatic rings. The van der Waals surface area contributed by atoms with Crippen molar-refractivity contribution in [2.45, 2.75) is 51.9 Å². The van der Waals surface area contributed by atoms with Crippen LogP contribution < -0.4 is 5.19 Å². The van der Waals surface area contributed by atoms with Crippen molar-refractivity contribution >= 4 is 38.3 Å². The molecule has 1 rings (SSSR count). The average Bonchev–Trinajstić information content (AvgIpc) is 2.42. The van der Waals surface area contributed by atoms with Crippen molar-refractivity contribution in [2.24, 2.45) is 0 Å². The van der Waals surface area contributed by atoms with Crippen LogP contribution in [-0.4, -0.2) is 30.9 Å². The van der Waals surface area contributed by atoms with Crippen molar-refractivity contribution in [3.63, 3.8) is 0 Å². The van der Waals surface area contributed by atoms with Crippen LogP contribution in [0.1, 0.15) is 0 Å². The molecule has 2 nitrogen and oxygen atoms in total. The summed E-state index contributed by atoms with van der Waals surface area (Å²) in [4.78, 5) is 0. The lowest BCUT2D eigenvalue weighted by Crippen LogP contribution is -2.43. The zero-order valence-corrected chi connectivity index (χ0v) is 19.7. The van der Waals surface area contributed by atoms with E-state index in [4.69, 9.17) is 8.43 Å². The lowest BCUT2D eigenvalue weighted by Gasteiger charge is -2.33. The number of rotatable bonds is 9. The minimum Gasteiger partial charge on any atom is -0.376 e. The van der Waals surface area contributed by atoms with Crippen LogP contribution in [0.25, 0.3) is 0 Å². The van der Waals surface area contributed by atoms with Gasteiger partial charge in [0, 0.05) is 6.16 Å². The minimum atomic E-state index is -1.66. The summed E-state index contributed by atoms with van der Waals surface area (Å²) in [7, 11) is -5.63. The van der Waals surface area contributed by atoms with E-state index < -0.39 is 33.1 Å². The molecular formula is C17H33O2PSi3. The Kier molecular flexibility index (Phi) is 7.64. The Morgan fingerprint density at radius 1 is 0.913 bits per heavy atom. The molecule has 6 heteroatoms. The van der Waals surface area contributed by atoms with E-state index in [1.54, 1.807) is 0 Å². The molecule has 0 aliphatic heterocycles. The molecule has 23 heavy (non-hydrogen) atoms. The van der Waals surface area contributed by atoms with Crippen molar-refractivity contribution in [3.8, 4) is 0 Å². The molecule has 0 bridgehead atoms. The van der Waals surface area contributed by atoms with Gasteiger partial charge in [0.15, 0.2) is 16.6 Å². The Morgan fingerprint density at radius 2 is 1.39 bits per heavy atom. The first-order valence-electron chi connectivity index (χ1n) is 8.30. The van der Waals surface area contributed by atoms with Gasteiger partial charge >= 0.3 is 0 Å². The highest BCUT2D eigenvalue weighted by atomic mass is 31.2. The first-order chi connectivity index (χ1) is 10.5. The normalized spacial score (nSPS) is 15.5. The minimum absolute atomic E-state index is 0.787. The van der Waals surface area contributed by atoms with Crippen molar-refractivity contribution in [1.82, 2.24) is 0 Å². The van der Waals surface area contributed by atoms with Crippen LogP contribution in [0.3, 0.4) is 0 Å². The molecule has 0 aliphatic rings. The zero-order chi connectivity index (χ0) is 17.7. The van der Waals surface area contributed by atoms with Crippen molar-refractivity contribution in [1.29, 1.82) is 0 Å². The Balaban J connectivity index is 2.84. The van der Waals surface area contributed by atoms with Crippen LogP contribution in [0, 0.1) is 0 Å². The van der Waals surface area contributed by atoms with Crippen LogP contribution in [0.4, 0.5) is 0 Å². The van der Waals surface area contributed by atoms with E-state index in [2.05, 4.69) is 88.4 Å². The van der Waals surface area contributed by atoms with Gasteiger partial charge in [-0.05, 0) is 45.3 Å². The standard InChI is InChI=1S/C17H33O2PSi3/c1-9-23(8,17-13-11-10-12-14-17)16-15-20(18-21(2,3)4)19-22(5,6)7/h9-14H,1,15-16H2,2-8H3. The average molecular weight is 385 g/mol. The Morgan fingerprint density at radius 3 is 1.78 bits per heavy atom. The largest absolute Gasteiger partial charge is 0.376 e. The smallest absolute Gasteiger partial charge is 0.191 e. The van der Waals surface area contributed by atoms with Crippen LogP contribution in [0.2, 0.25) is 51.9 Å². The van der Waals surface area contributed by atoms with E-state index in [0.29, 0.717) is 0 Å². The summed E-state index contributed by atoms with van der Waals surface area (Å²) in [6.07, 6.45) is 1.02. The fourth-order valence-electron chi connectivity index (χ4n) is 2.23. The summed E-state index contributed by atoms with van der Waals surface area (Å²) in [5, 5.41) is 1.45. The number of hydrogen-bond acceptors (Lipinski definition) is 2. The first-order valence-corrected chi connectivity index (χ1v) is 19.3. The second-order valence-electron chi connectivity index (χ2n) is 8.20. The lowest BCUT2D eigenvalue weighted by atomic mass is 10.4. The van der Waals surface area contributed by atoms with Gasteiger partial charge in [-0.1, -0.05) is 47.8 Å². The molecule has 0 fully saturated rings. The third-order valence-electron chi connectivity index (χ3n) is 3.45. The SMILES string of the molecule is C=C[Si](C)(CCP(O[Si](C)(C)C)O[Si](C)(C)C)c1ccccc1. The van der Waals surface area contributed by atoms with Gasteiger partial charge in [-0.3, -0.25) is 0 Å². The fraction of sp³-hybridized carbons (Fsp3) is 0.529. The Labute approximate surface area is 147 Å². The second-order valence-corrected chi connectivity index (χ2v) is 23.5. The number of hydrogen-bond donors (Lipinski definition) is 0. The van der Waals surface area contributed by atoms with Crippen LogP contribution in [0.5, 0.6) is 0 Å². The molecule has 0 saturated heterocycles. The summed E-state index contributed by atoms with van der Waals surface area (Å²) < 4.78 is 12.8.